The number of aromatic nitrogens is 3. The smallest absolute Gasteiger partial charge is 0.358 e. The Balaban J connectivity index is 2.22. The topological polar surface area (TPSA) is 67.5 Å². The second-order valence-electron chi connectivity index (χ2n) is 4.90. The van der Waals surface area contributed by atoms with Gasteiger partial charge in [0.15, 0.2) is 11.3 Å². The van der Waals surface area contributed by atoms with Crippen molar-refractivity contribution in [1.29, 1.82) is 0 Å². The Morgan fingerprint density at radius 1 is 1.44 bits per heavy atom. The molecule has 2 heterocycles. The van der Waals surface area contributed by atoms with Crippen LogP contribution < -0.4 is 0 Å². The zero-order valence-electron chi connectivity index (χ0n) is 10.3. The molecule has 3 rings (SSSR count). The molecule has 0 unspecified atom stereocenters. The minimum absolute atomic E-state index is 0.0398. The summed E-state index contributed by atoms with van der Waals surface area (Å²) in [6.07, 6.45) is 6.40. The highest BCUT2D eigenvalue weighted by Crippen LogP contribution is 2.34. The van der Waals surface area contributed by atoms with Gasteiger partial charge in [-0.3, -0.25) is 4.40 Å². The Kier molecular flexibility index (Phi) is 2.54. The largest absolute Gasteiger partial charge is 0.476 e. The van der Waals surface area contributed by atoms with Crippen molar-refractivity contribution in [2.24, 2.45) is 0 Å². The lowest BCUT2D eigenvalue weighted by Crippen LogP contribution is -2.06. The maximum absolute atomic E-state index is 11.1. The van der Waals surface area contributed by atoms with Crippen molar-refractivity contribution in [2.45, 2.75) is 38.5 Å². The molecule has 0 atom stereocenters. The lowest BCUT2D eigenvalue weighted by atomic mass is 10.0. The first-order valence-corrected chi connectivity index (χ1v) is 6.24. The van der Waals surface area contributed by atoms with Crippen LogP contribution in [0.15, 0.2) is 12.4 Å². The van der Waals surface area contributed by atoms with Crippen molar-refractivity contribution in [3.8, 4) is 0 Å². The predicted octanol–water partition coefficient (Wildman–Crippen LogP) is 2.39. The quantitative estimate of drug-likeness (QED) is 0.882. The van der Waals surface area contributed by atoms with Crippen molar-refractivity contribution in [3.05, 3.63) is 29.5 Å². The number of carboxylic acid groups (broad SMARTS) is 1. The third kappa shape index (κ3) is 1.66. The molecule has 1 N–H and O–H groups in total. The fourth-order valence-electron chi connectivity index (χ4n) is 2.81. The zero-order valence-corrected chi connectivity index (χ0v) is 10.3. The van der Waals surface area contributed by atoms with E-state index in [-0.39, 0.29) is 5.69 Å². The van der Waals surface area contributed by atoms with Crippen molar-refractivity contribution in [3.63, 3.8) is 0 Å². The highest BCUT2D eigenvalue weighted by Gasteiger charge is 2.22. The number of aromatic carboxylic acids is 1. The number of hydrogen-bond donors (Lipinski definition) is 1. The molecule has 5 heteroatoms. The number of carbonyl (C=O) groups is 1. The van der Waals surface area contributed by atoms with Gasteiger partial charge in [0, 0.05) is 11.4 Å². The van der Waals surface area contributed by atoms with Gasteiger partial charge in [0.25, 0.3) is 0 Å². The summed E-state index contributed by atoms with van der Waals surface area (Å²) in [5.74, 6) is -0.516. The Labute approximate surface area is 104 Å². The number of imidazole rings is 1. The minimum Gasteiger partial charge on any atom is -0.476 e. The average Bonchev–Trinajstić information content (AvgIpc) is 2.96. The molecule has 1 saturated carbocycles. The van der Waals surface area contributed by atoms with Gasteiger partial charge in [0.05, 0.1) is 0 Å². The number of nitrogens with zero attached hydrogens (tertiary/aromatic N) is 3. The molecule has 0 spiro atoms. The number of hydrogen-bond acceptors (Lipinski definition) is 3. The molecule has 94 valence electrons. The average molecular weight is 245 g/mol. The summed E-state index contributed by atoms with van der Waals surface area (Å²) in [6, 6.07) is 2.05. The summed E-state index contributed by atoms with van der Waals surface area (Å²) in [7, 11) is 0. The molecule has 0 radical (unpaired) electrons. The molecule has 2 aromatic heterocycles. The highest BCUT2D eigenvalue weighted by atomic mass is 16.4. The third-order valence-corrected chi connectivity index (χ3v) is 3.64. The number of carboxylic acids is 1. The summed E-state index contributed by atoms with van der Waals surface area (Å²) in [4.78, 5) is 19.4. The zero-order chi connectivity index (χ0) is 12.7. The standard InChI is InChI=1S/C13H15N3O2/c1-8-6-10(9-4-2-3-5-9)16-7-14-11(13(17)18)12(16)15-8/h6-7,9H,2-5H2,1H3,(H,17,18). The van der Waals surface area contributed by atoms with Crippen LogP contribution in [-0.2, 0) is 0 Å². The maximum Gasteiger partial charge on any atom is 0.358 e. The second-order valence-corrected chi connectivity index (χ2v) is 4.90. The van der Waals surface area contributed by atoms with Crippen LogP contribution in [0, 0.1) is 6.92 Å². The minimum atomic E-state index is -1.02. The molecule has 1 fully saturated rings. The van der Waals surface area contributed by atoms with Gasteiger partial charge in [-0.25, -0.2) is 14.8 Å². The van der Waals surface area contributed by atoms with E-state index in [0.29, 0.717) is 11.6 Å². The van der Waals surface area contributed by atoms with E-state index >= 15 is 0 Å². The molecule has 1 aliphatic rings. The maximum atomic E-state index is 11.1. The summed E-state index contributed by atoms with van der Waals surface area (Å²) in [5, 5.41) is 9.10. The molecular formula is C13H15N3O2. The lowest BCUT2D eigenvalue weighted by molar-refractivity contribution is 0.0693. The van der Waals surface area contributed by atoms with Gasteiger partial charge in [-0.1, -0.05) is 12.8 Å². The third-order valence-electron chi connectivity index (χ3n) is 3.64. The van der Waals surface area contributed by atoms with Crippen LogP contribution in [0.5, 0.6) is 0 Å². The van der Waals surface area contributed by atoms with Gasteiger partial charge in [-0.2, -0.15) is 0 Å². The van der Waals surface area contributed by atoms with E-state index in [4.69, 9.17) is 5.11 Å². The van der Waals surface area contributed by atoms with E-state index < -0.39 is 5.97 Å². The summed E-state index contributed by atoms with van der Waals surface area (Å²) in [6.45, 7) is 1.90. The van der Waals surface area contributed by atoms with Gasteiger partial charge in [-0.15, -0.1) is 0 Å². The van der Waals surface area contributed by atoms with E-state index in [1.165, 1.54) is 25.7 Å². The van der Waals surface area contributed by atoms with Crippen LogP contribution in [0.1, 0.15) is 53.5 Å². The molecule has 2 aromatic rings. The first-order valence-electron chi connectivity index (χ1n) is 6.24. The fourth-order valence-corrected chi connectivity index (χ4v) is 2.81. The van der Waals surface area contributed by atoms with E-state index in [0.717, 1.165) is 11.4 Å². The Hall–Kier alpha value is -1.91. The monoisotopic (exact) mass is 245 g/mol. The van der Waals surface area contributed by atoms with Crippen LogP contribution in [0.4, 0.5) is 0 Å². The number of rotatable bonds is 2. The summed E-state index contributed by atoms with van der Waals surface area (Å²) >= 11 is 0. The van der Waals surface area contributed by atoms with Gasteiger partial charge in [-0.05, 0) is 31.7 Å². The van der Waals surface area contributed by atoms with Crippen molar-refractivity contribution in [2.75, 3.05) is 0 Å². The Bertz CT molecular complexity index is 612. The van der Waals surface area contributed by atoms with Crippen LogP contribution in [0.2, 0.25) is 0 Å². The molecule has 0 aromatic carbocycles. The molecular weight excluding hydrogens is 230 g/mol. The van der Waals surface area contributed by atoms with E-state index in [2.05, 4.69) is 16.0 Å². The van der Waals surface area contributed by atoms with Gasteiger partial charge >= 0.3 is 5.97 Å². The summed E-state index contributed by atoms with van der Waals surface area (Å²) < 4.78 is 1.84. The second kappa shape index (κ2) is 4.08. The van der Waals surface area contributed by atoms with Gasteiger partial charge < -0.3 is 5.11 Å². The molecule has 18 heavy (non-hydrogen) atoms. The van der Waals surface area contributed by atoms with Crippen LogP contribution in [-0.4, -0.2) is 25.4 Å². The fraction of sp³-hybridized carbons (Fsp3) is 0.462. The molecule has 0 bridgehead atoms. The molecule has 0 saturated heterocycles. The summed E-state index contributed by atoms with van der Waals surface area (Å²) in [5.41, 5.74) is 2.50. The number of fused-ring (bicyclic) bond motifs is 1. The van der Waals surface area contributed by atoms with Crippen LogP contribution in [0.3, 0.4) is 0 Å². The first-order chi connectivity index (χ1) is 8.66. The van der Waals surface area contributed by atoms with Gasteiger partial charge in [0.1, 0.15) is 6.33 Å². The SMILES string of the molecule is Cc1cc(C2CCCC2)n2cnc(C(=O)O)c2n1. The van der Waals surface area contributed by atoms with Crippen molar-refractivity contribution in [1.82, 2.24) is 14.4 Å². The Morgan fingerprint density at radius 3 is 2.83 bits per heavy atom. The highest BCUT2D eigenvalue weighted by molar-refractivity contribution is 5.92. The Morgan fingerprint density at radius 2 is 2.17 bits per heavy atom. The van der Waals surface area contributed by atoms with Crippen molar-refractivity contribution < 1.29 is 9.90 Å². The molecule has 0 aliphatic heterocycles. The van der Waals surface area contributed by atoms with Crippen LogP contribution >= 0.6 is 0 Å². The van der Waals surface area contributed by atoms with E-state index in [1.54, 1.807) is 6.33 Å². The van der Waals surface area contributed by atoms with Crippen molar-refractivity contribution >= 4 is 11.6 Å². The normalized spacial score (nSPS) is 16.5. The predicted molar refractivity (Wildman–Crippen MR) is 65.9 cm³/mol. The first kappa shape index (κ1) is 11.2. The molecule has 1 aliphatic carbocycles. The van der Waals surface area contributed by atoms with Gasteiger partial charge in [0.2, 0.25) is 0 Å². The molecule has 5 nitrogen and oxygen atoms in total. The molecule has 0 amide bonds. The van der Waals surface area contributed by atoms with Crippen LogP contribution in [0.25, 0.3) is 5.65 Å². The van der Waals surface area contributed by atoms with E-state index in [1.807, 2.05) is 11.3 Å². The lowest BCUT2D eigenvalue weighted by Gasteiger charge is -2.12. The number of aryl methyl sites for hydroxylation is 1. The van der Waals surface area contributed by atoms with E-state index in [9.17, 15) is 4.79 Å².